The van der Waals surface area contributed by atoms with Gasteiger partial charge in [-0.15, -0.1) is 0 Å². The molecule has 0 aromatic carbocycles. The average Bonchev–Trinajstić information content (AvgIpc) is 1.85. The lowest BCUT2D eigenvalue weighted by atomic mass is 11.0. The smallest absolute Gasteiger partial charge is 0.199 e. The molecular formula is C8H22O2Si2. The topological polar surface area (TPSA) is 18.5 Å². The van der Waals surface area contributed by atoms with Crippen LogP contribution in [0.1, 0.15) is 6.92 Å². The highest BCUT2D eigenvalue weighted by Crippen LogP contribution is 2.17. The minimum Gasteiger partial charge on any atom is -0.454 e. The van der Waals surface area contributed by atoms with Crippen LogP contribution < -0.4 is 0 Å². The summed E-state index contributed by atoms with van der Waals surface area (Å²) in [5, 5.41) is 0. The Hall–Kier alpha value is 0.354. The predicted molar refractivity (Wildman–Crippen MR) is 58.4 cm³/mol. The molecule has 0 N–H and O–H groups in total. The molecular weight excluding hydrogens is 184 g/mol. The zero-order valence-electron chi connectivity index (χ0n) is 9.23. The van der Waals surface area contributed by atoms with Gasteiger partial charge in [0, 0.05) is 7.11 Å². The first-order valence-corrected chi connectivity index (χ1v) is 10.8. The highest BCUT2D eigenvalue weighted by molar-refractivity contribution is 6.84. The van der Waals surface area contributed by atoms with Crippen molar-refractivity contribution in [2.75, 3.05) is 13.3 Å². The summed E-state index contributed by atoms with van der Waals surface area (Å²) in [4.78, 5) is 0. The summed E-state index contributed by atoms with van der Waals surface area (Å²) in [6.07, 6.45) is 0.809. The normalized spacial score (nSPS) is 13.5. The Labute approximate surface area is 78.5 Å². The third-order valence-corrected chi connectivity index (χ3v) is 9.00. The molecule has 0 aromatic heterocycles. The van der Waals surface area contributed by atoms with Crippen molar-refractivity contribution in [3.63, 3.8) is 0 Å². The summed E-state index contributed by atoms with van der Waals surface area (Å²) >= 11 is 0. The molecule has 0 amide bonds. The van der Waals surface area contributed by atoms with E-state index in [4.69, 9.17) is 8.85 Å². The van der Waals surface area contributed by atoms with Gasteiger partial charge in [0.05, 0.1) is 6.23 Å². The molecule has 0 aromatic rings. The Morgan fingerprint density at radius 3 is 1.83 bits per heavy atom. The van der Waals surface area contributed by atoms with E-state index >= 15 is 0 Å². The number of hydrogen-bond donors (Lipinski definition) is 0. The van der Waals surface area contributed by atoms with E-state index in [-0.39, 0.29) is 0 Å². The van der Waals surface area contributed by atoms with Gasteiger partial charge in [0.2, 0.25) is 0 Å². The van der Waals surface area contributed by atoms with Gasteiger partial charge in [0.15, 0.2) is 16.6 Å². The lowest BCUT2D eigenvalue weighted by molar-refractivity contribution is 0.233. The van der Waals surface area contributed by atoms with Gasteiger partial charge in [-0.1, -0.05) is 6.92 Å². The maximum absolute atomic E-state index is 6.17. The molecule has 0 aliphatic heterocycles. The van der Waals surface area contributed by atoms with Gasteiger partial charge in [0.1, 0.15) is 0 Å². The second kappa shape index (κ2) is 4.55. The van der Waals surface area contributed by atoms with Crippen molar-refractivity contribution >= 4 is 16.6 Å². The summed E-state index contributed by atoms with van der Waals surface area (Å²) in [6.45, 7) is 11.2. The molecule has 0 unspecified atom stereocenters. The predicted octanol–water partition coefficient (Wildman–Crippen LogP) is 2.62. The molecule has 0 radical (unpaired) electrons. The van der Waals surface area contributed by atoms with Gasteiger partial charge in [-0.2, -0.15) is 0 Å². The molecule has 0 spiro atoms. The van der Waals surface area contributed by atoms with Crippen molar-refractivity contribution in [3.8, 4) is 0 Å². The zero-order valence-corrected chi connectivity index (χ0v) is 11.2. The first kappa shape index (κ1) is 12.4. The fraction of sp³-hybridized carbons (Fsp3) is 1.00. The minimum atomic E-state index is -1.52. The van der Waals surface area contributed by atoms with E-state index in [2.05, 4.69) is 33.1 Å². The number of hydrogen-bond acceptors (Lipinski definition) is 2. The Kier molecular flexibility index (Phi) is 4.69. The fourth-order valence-electron chi connectivity index (χ4n) is 1.20. The standard InChI is InChI=1S/C8H22O2Si2/c1-7-11(3,4)10-12(5,6)8-9-2/h7-8H2,1-6H3. The SMILES string of the molecule is CC[Si](C)(C)O[Si](C)(C)COC. The monoisotopic (exact) mass is 206 g/mol. The zero-order chi connectivity index (χ0) is 9.83. The molecule has 0 aliphatic carbocycles. The number of ether oxygens (including phenoxy) is 1. The molecule has 0 bridgehead atoms. The molecule has 2 nitrogen and oxygen atoms in total. The molecule has 0 heterocycles. The van der Waals surface area contributed by atoms with Crippen molar-refractivity contribution in [2.45, 2.75) is 39.2 Å². The first-order chi connectivity index (χ1) is 5.33. The lowest BCUT2D eigenvalue weighted by Gasteiger charge is -2.32. The first-order valence-electron chi connectivity index (χ1n) is 4.52. The van der Waals surface area contributed by atoms with Crippen LogP contribution in [-0.4, -0.2) is 30.0 Å². The van der Waals surface area contributed by atoms with E-state index in [0.29, 0.717) is 0 Å². The fourth-order valence-corrected chi connectivity index (χ4v) is 8.69. The average molecular weight is 206 g/mol. The van der Waals surface area contributed by atoms with E-state index in [0.717, 1.165) is 6.23 Å². The van der Waals surface area contributed by atoms with E-state index in [9.17, 15) is 0 Å². The van der Waals surface area contributed by atoms with Crippen molar-refractivity contribution in [2.24, 2.45) is 0 Å². The van der Waals surface area contributed by atoms with Crippen molar-refractivity contribution in [1.29, 1.82) is 0 Å². The van der Waals surface area contributed by atoms with Crippen molar-refractivity contribution < 1.29 is 8.85 Å². The van der Waals surface area contributed by atoms with Crippen molar-refractivity contribution in [3.05, 3.63) is 0 Å². The maximum Gasteiger partial charge on any atom is 0.199 e. The second-order valence-electron chi connectivity index (χ2n) is 4.41. The molecule has 0 saturated heterocycles. The van der Waals surface area contributed by atoms with Gasteiger partial charge < -0.3 is 8.85 Å². The van der Waals surface area contributed by atoms with Crippen LogP contribution in [0.25, 0.3) is 0 Å². The Bertz CT molecular complexity index is 135. The molecule has 4 heteroatoms. The molecule has 0 aliphatic rings. The summed E-state index contributed by atoms with van der Waals surface area (Å²) in [5.74, 6) is 0. The Morgan fingerprint density at radius 2 is 1.50 bits per heavy atom. The van der Waals surface area contributed by atoms with Gasteiger partial charge in [-0.3, -0.25) is 0 Å². The van der Waals surface area contributed by atoms with E-state index in [1.807, 2.05) is 0 Å². The highest BCUT2D eigenvalue weighted by Gasteiger charge is 2.31. The maximum atomic E-state index is 6.17. The van der Waals surface area contributed by atoms with Crippen molar-refractivity contribution in [1.82, 2.24) is 0 Å². The van der Waals surface area contributed by atoms with E-state index in [1.165, 1.54) is 6.04 Å². The number of rotatable bonds is 5. The van der Waals surface area contributed by atoms with Gasteiger partial charge >= 0.3 is 0 Å². The van der Waals surface area contributed by atoms with Crippen LogP contribution in [0.4, 0.5) is 0 Å². The third kappa shape index (κ3) is 5.08. The van der Waals surface area contributed by atoms with E-state index < -0.39 is 16.6 Å². The minimum absolute atomic E-state index is 0.809. The molecule has 0 saturated carbocycles. The molecule has 74 valence electrons. The Balaban J connectivity index is 4.04. The summed E-state index contributed by atoms with van der Waals surface area (Å²) in [7, 11) is -1.14. The molecule has 0 rings (SSSR count). The van der Waals surface area contributed by atoms with Crippen LogP contribution in [0.3, 0.4) is 0 Å². The van der Waals surface area contributed by atoms with Gasteiger partial charge in [0.25, 0.3) is 0 Å². The summed E-state index contributed by atoms with van der Waals surface area (Å²) in [5.41, 5.74) is 0. The van der Waals surface area contributed by atoms with Crippen LogP contribution in [0.15, 0.2) is 0 Å². The summed E-state index contributed by atoms with van der Waals surface area (Å²) < 4.78 is 11.3. The summed E-state index contributed by atoms with van der Waals surface area (Å²) in [6, 6.07) is 1.19. The van der Waals surface area contributed by atoms with Crippen LogP contribution in [0.2, 0.25) is 32.2 Å². The van der Waals surface area contributed by atoms with Crippen LogP contribution in [-0.2, 0) is 8.85 Å². The molecule has 0 atom stereocenters. The van der Waals surface area contributed by atoms with Crippen LogP contribution >= 0.6 is 0 Å². The van der Waals surface area contributed by atoms with Crippen LogP contribution in [0.5, 0.6) is 0 Å². The number of methoxy groups -OCH3 is 1. The molecule has 0 fully saturated rings. The van der Waals surface area contributed by atoms with Gasteiger partial charge in [-0.05, 0) is 32.2 Å². The quantitative estimate of drug-likeness (QED) is 0.644. The second-order valence-corrected chi connectivity index (χ2v) is 13.3. The van der Waals surface area contributed by atoms with E-state index in [1.54, 1.807) is 7.11 Å². The largest absolute Gasteiger partial charge is 0.454 e. The lowest BCUT2D eigenvalue weighted by Crippen LogP contribution is -2.47. The highest BCUT2D eigenvalue weighted by atomic mass is 28.4. The Morgan fingerprint density at radius 1 is 1.00 bits per heavy atom. The van der Waals surface area contributed by atoms with Crippen LogP contribution in [0, 0.1) is 0 Å². The van der Waals surface area contributed by atoms with Gasteiger partial charge in [-0.25, -0.2) is 0 Å². The third-order valence-electron chi connectivity index (χ3n) is 1.90. The molecule has 12 heavy (non-hydrogen) atoms.